The average Bonchev–Trinajstić information content (AvgIpc) is 2.81. The zero-order chi connectivity index (χ0) is 11.4. The van der Waals surface area contributed by atoms with Crippen molar-refractivity contribution in [3.8, 4) is 0 Å². The second kappa shape index (κ2) is 4.94. The highest BCUT2D eigenvalue weighted by Gasteiger charge is 2.19. The third-order valence-electron chi connectivity index (χ3n) is 2.60. The Labute approximate surface area is 94.2 Å². The Morgan fingerprint density at radius 3 is 3.19 bits per heavy atom. The molecule has 0 aromatic carbocycles. The van der Waals surface area contributed by atoms with E-state index in [0.29, 0.717) is 12.2 Å². The lowest BCUT2D eigenvalue weighted by molar-refractivity contribution is 0.0930. The maximum atomic E-state index is 11.9. The standard InChI is InChI=1S/C11H15N3O2/c1-12-10-6-13-4-2-9(10)11(15)14-8-3-5-16-7-8/h2,4,6,8,12H,3,5,7H2,1H3,(H,14,15). The van der Waals surface area contributed by atoms with Crippen LogP contribution in [0, 0.1) is 0 Å². The van der Waals surface area contributed by atoms with Gasteiger partial charge in [0.1, 0.15) is 0 Å². The van der Waals surface area contributed by atoms with E-state index in [9.17, 15) is 4.79 Å². The number of aromatic nitrogens is 1. The molecule has 1 aromatic heterocycles. The van der Waals surface area contributed by atoms with Gasteiger partial charge in [-0.15, -0.1) is 0 Å². The Kier molecular flexibility index (Phi) is 3.36. The van der Waals surface area contributed by atoms with Gasteiger partial charge < -0.3 is 15.4 Å². The maximum absolute atomic E-state index is 11.9. The van der Waals surface area contributed by atoms with Crippen molar-refractivity contribution in [2.45, 2.75) is 12.5 Å². The molecular weight excluding hydrogens is 206 g/mol. The smallest absolute Gasteiger partial charge is 0.253 e. The van der Waals surface area contributed by atoms with Crippen LogP contribution in [0.3, 0.4) is 0 Å². The molecule has 1 aliphatic rings. The van der Waals surface area contributed by atoms with Crippen LogP contribution >= 0.6 is 0 Å². The molecule has 1 amide bonds. The lowest BCUT2D eigenvalue weighted by Gasteiger charge is -2.12. The number of carbonyl (C=O) groups excluding carboxylic acids is 1. The van der Waals surface area contributed by atoms with Crippen LogP contribution in [0.1, 0.15) is 16.8 Å². The molecule has 5 nitrogen and oxygen atoms in total. The van der Waals surface area contributed by atoms with Crippen molar-refractivity contribution < 1.29 is 9.53 Å². The zero-order valence-corrected chi connectivity index (χ0v) is 9.19. The second-order valence-corrected chi connectivity index (χ2v) is 3.71. The lowest BCUT2D eigenvalue weighted by Crippen LogP contribution is -2.35. The molecule has 0 radical (unpaired) electrons. The fraction of sp³-hybridized carbons (Fsp3) is 0.455. The van der Waals surface area contributed by atoms with Crippen LogP contribution in [0.15, 0.2) is 18.5 Å². The Hall–Kier alpha value is -1.62. The molecule has 0 saturated carbocycles. The first-order chi connectivity index (χ1) is 7.81. The van der Waals surface area contributed by atoms with Crippen LogP contribution in [0.5, 0.6) is 0 Å². The van der Waals surface area contributed by atoms with Crippen LogP contribution in [0.4, 0.5) is 5.69 Å². The average molecular weight is 221 g/mol. The van der Waals surface area contributed by atoms with Crippen LogP contribution in [0.25, 0.3) is 0 Å². The SMILES string of the molecule is CNc1cnccc1C(=O)NC1CCOC1. The fourth-order valence-corrected chi connectivity index (χ4v) is 1.70. The van der Waals surface area contributed by atoms with Gasteiger partial charge in [-0.25, -0.2) is 0 Å². The molecule has 1 aromatic rings. The molecule has 2 N–H and O–H groups in total. The van der Waals surface area contributed by atoms with Gasteiger partial charge >= 0.3 is 0 Å². The van der Waals surface area contributed by atoms with Crippen LogP contribution in [-0.4, -0.2) is 37.2 Å². The first-order valence-corrected chi connectivity index (χ1v) is 5.31. The van der Waals surface area contributed by atoms with Crippen molar-refractivity contribution in [3.05, 3.63) is 24.0 Å². The van der Waals surface area contributed by atoms with Crippen LogP contribution in [-0.2, 0) is 4.74 Å². The summed E-state index contributed by atoms with van der Waals surface area (Å²) in [6.07, 6.45) is 4.13. The molecule has 0 spiro atoms. The summed E-state index contributed by atoms with van der Waals surface area (Å²) < 4.78 is 5.21. The lowest BCUT2D eigenvalue weighted by atomic mass is 10.2. The van der Waals surface area contributed by atoms with Gasteiger partial charge in [-0.2, -0.15) is 0 Å². The summed E-state index contributed by atoms with van der Waals surface area (Å²) in [7, 11) is 1.77. The van der Waals surface area contributed by atoms with Gasteiger partial charge in [-0.05, 0) is 12.5 Å². The summed E-state index contributed by atoms with van der Waals surface area (Å²) >= 11 is 0. The predicted molar refractivity (Wildman–Crippen MR) is 60.5 cm³/mol. The van der Waals surface area contributed by atoms with Gasteiger partial charge in [-0.3, -0.25) is 9.78 Å². The van der Waals surface area contributed by atoms with Crippen molar-refractivity contribution in [3.63, 3.8) is 0 Å². The molecule has 1 unspecified atom stereocenters. The van der Waals surface area contributed by atoms with E-state index in [0.717, 1.165) is 18.7 Å². The summed E-state index contributed by atoms with van der Waals surface area (Å²) in [6, 6.07) is 1.84. The van der Waals surface area contributed by atoms with Crippen LogP contribution in [0.2, 0.25) is 0 Å². The van der Waals surface area contributed by atoms with Gasteiger partial charge in [0.25, 0.3) is 5.91 Å². The molecule has 1 saturated heterocycles. The van der Waals surface area contributed by atoms with E-state index < -0.39 is 0 Å². The number of hydrogen-bond acceptors (Lipinski definition) is 4. The summed E-state index contributed by atoms with van der Waals surface area (Å²) in [5.74, 6) is -0.0812. The number of amides is 1. The van der Waals surface area contributed by atoms with Crippen molar-refractivity contribution >= 4 is 11.6 Å². The summed E-state index contributed by atoms with van der Waals surface area (Å²) in [6.45, 7) is 1.33. The number of pyridine rings is 1. The summed E-state index contributed by atoms with van der Waals surface area (Å²) in [5, 5.41) is 5.88. The number of anilines is 1. The van der Waals surface area contributed by atoms with Gasteiger partial charge in [0.2, 0.25) is 0 Å². The predicted octanol–water partition coefficient (Wildman–Crippen LogP) is 0.642. The van der Waals surface area contributed by atoms with Gasteiger partial charge in [0.15, 0.2) is 0 Å². The minimum atomic E-state index is -0.0812. The van der Waals surface area contributed by atoms with E-state index in [1.165, 1.54) is 0 Å². The largest absolute Gasteiger partial charge is 0.386 e. The zero-order valence-electron chi connectivity index (χ0n) is 9.19. The van der Waals surface area contributed by atoms with Crippen molar-refractivity contribution in [1.29, 1.82) is 0 Å². The quantitative estimate of drug-likeness (QED) is 0.786. The molecule has 16 heavy (non-hydrogen) atoms. The van der Waals surface area contributed by atoms with E-state index in [1.54, 1.807) is 25.5 Å². The molecule has 2 rings (SSSR count). The first-order valence-electron chi connectivity index (χ1n) is 5.31. The highest BCUT2D eigenvalue weighted by molar-refractivity contribution is 5.99. The Morgan fingerprint density at radius 2 is 2.50 bits per heavy atom. The minimum absolute atomic E-state index is 0.0812. The molecule has 1 atom stereocenters. The number of nitrogens with one attached hydrogen (secondary N) is 2. The van der Waals surface area contributed by atoms with Crippen molar-refractivity contribution in [2.24, 2.45) is 0 Å². The number of ether oxygens (including phenoxy) is 1. The number of hydrogen-bond donors (Lipinski definition) is 2. The number of rotatable bonds is 3. The molecule has 5 heteroatoms. The van der Waals surface area contributed by atoms with E-state index in [1.807, 2.05) is 0 Å². The van der Waals surface area contributed by atoms with Crippen molar-refractivity contribution in [1.82, 2.24) is 10.3 Å². The highest BCUT2D eigenvalue weighted by Crippen LogP contribution is 2.13. The van der Waals surface area contributed by atoms with E-state index in [-0.39, 0.29) is 11.9 Å². The van der Waals surface area contributed by atoms with Gasteiger partial charge in [0.05, 0.1) is 30.1 Å². The molecule has 1 aliphatic heterocycles. The van der Waals surface area contributed by atoms with E-state index >= 15 is 0 Å². The Bertz CT molecular complexity index is 375. The van der Waals surface area contributed by atoms with Gasteiger partial charge in [-0.1, -0.05) is 0 Å². The van der Waals surface area contributed by atoms with Crippen LogP contribution < -0.4 is 10.6 Å². The Morgan fingerprint density at radius 1 is 1.62 bits per heavy atom. The molecule has 1 fully saturated rings. The highest BCUT2D eigenvalue weighted by atomic mass is 16.5. The van der Waals surface area contributed by atoms with E-state index in [2.05, 4.69) is 15.6 Å². The molecule has 86 valence electrons. The number of carbonyl (C=O) groups is 1. The van der Waals surface area contributed by atoms with E-state index in [4.69, 9.17) is 4.74 Å². The Balaban J connectivity index is 2.07. The monoisotopic (exact) mass is 221 g/mol. The molecular formula is C11H15N3O2. The minimum Gasteiger partial charge on any atom is -0.386 e. The summed E-state index contributed by atoms with van der Waals surface area (Å²) in [4.78, 5) is 15.9. The third-order valence-corrected chi connectivity index (χ3v) is 2.60. The normalized spacial score (nSPS) is 19.4. The molecule has 0 aliphatic carbocycles. The number of nitrogens with zero attached hydrogens (tertiary/aromatic N) is 1. The first kappa shape index (κ1) is 10.9. The third kappa shape index (κ3) is 2.30. The van der Waals surface area contributed by atoms with Crippen molar-refractivity contribution in [2.75, 3.05) is 25.6 Å². The summed E-state index contributed by atoms with van der Waals surface area (Å²) in [5.41, 5.74) is 1.35. The second-order valence-electron chi connectivity index (χ2n) is 3.71. The fourth-order valence-electron chi connectivity index (χ4n) is 1.70. The topological polar surface area (TPSA) is 63.2 Å². The molecule has 0 bridgehead atoms. The maximum Gasteiger partial charge on any atom is 0.253 e. The van der Waals surface area contributed by atoms with Gasteiger partial charge in [0, 0.05) is 19.9 Å². The molecule has 2 heterocycles.